The van der Waals surface area contributed by atoms with Gasteiger partial charge in [0.25, 0.3) is 11.5 Å². The summed E-state index contributed by atoms with van der Waals surface area (Å²) in [5.41, 5.74) is 1.27. The first-order chi connectivity index (χ1) is 17.2. The predicted molar refractivity (Wildman–Crippen MR) is 143 cm³/mol. The number of halogens is 3. The van der Waals surface area contributed by atoms with Crippen molar-refractivity contribution in [2.45, 2.75) is 19.8 Å². The molecule has 0 saturated carbocycles. The standard InChI is InChI=1S/C26H21BrClFN4O3/c1-15(2)25-32-22-8-7-17(27)11-20(22)26(35)33(25)30-13-16-6-9-23(21(28)10-16)36-14-24(34)31-19-5-3-4-18(29)12-19/h3-13,15H,14H2,1-2H3,(H,31,34). The number of rotatable bonds is 7. The van der Waals surface area contributed by atoms with Gasteiger partial charge in [-0.2, -0.15) is 9.78 Å². The van der Waals surface area contributed by atoms with E-state index in [-0.39, 0.29) is 23.1 Å². The Morgan fingerprint density at radius 1 is 1.22 bits per heavy atom. The summed E-state index contributed by atoms with van der Waals surface area (Å²) in [7, 11) is 0. The molecule has 1 amide bonds. The van der Waals surface area contributed by atoms with Crippen LogP contribution in [-0.4, -0.2) is 28.4 Å². The number of hydrogen-bond donors (Lipinski definition) is 1. The molecule has 0 saturated heterocycles. The van der Waals surface area contributed by atoms with Crippen LogP contribution < -0.4 is 15.6 Å². The average molecular weight is 572 g/mol. The lowest BCUT2D eigenvalue weighted by Crippen LogP contribution is -2.23. The largest absolute Gasteiger partial charge is 0.482 e. The fourth-order valence-corrected chi connectivity index (χ4v) is 4.00. The van der Waals surface area contributed by atoms with Crippen molar-refractivity contribution in [3.63, 3.8) is 0 Å². The molecule has 0 aliphatic heterocycles. The topological polar surface area (TPSA) is 85.6 Å². The minimum atomic E-state index is -0.460. The van der Waals surface area contributed by atoms with Gasteiger partial charge in [0.05, 0.1) is 22.1 Å². The Labute approximate surface area is 219 Å². The van der Waals surface area contributed by atoms with Gasteiger partial charge < -0.3 is 10.1 Å². The number of carbonyl (C=O) groups excluding carboxylic acids is 1. The van der Waals surface area contributed by atoms with Crippen molar-refractivity contribution in [3.05, 3.63) is 97.7 Å². The quantitative estimate of drug-likeness (QED) is 0.277. The molecule has 0 atom stereocenters. The van der Waals surface area contributed by atoms with E-state index in [9.17, 15) is 14.0 Å². The molecular formula is C26H21BrClFN4O3. The number of fused-ring (bicyclic) bond motifs is 1. The summed E-state index contributed by atoms with van der Waals surface area (Å²) < 4.78 is 20.8. The summed E-state index contributed by atoms with van der Waals surface area (Å²) in [4.78, 5) is 29.9. The Balaban J connectivity index is 1.51. The van der Waals surface area contributed by atoms with E-state index in [4.69, 9.17) is 16.3 Å². The van der Waals surface area contributed by atoms with Crippen molar-refractivity contribution in [1.82, 2.24) is 9.66 Å². The van der Waals surface area contributed by atoms with Gasteiger partial charge in [-0.1, -0.05) is 47.4 Å². The Morgan fingerprint density at radius 2 is 2.03 bits per heavy atom. The van der Waals surface area contributed by atoms with E-state index in [1.54, 1.807) is 36.4 Å². The van der Waals surface area contributed by atoms with Crippen LogP contribution in [-0.2, 0) is 4.79 Å². The van der Waals surface area contributed by atoms with Crippen LogP contribution in [0.2, 0.25) is 5.02 Å². The van der Waals surface area contributed by atoms with E-state index >= 15 is 0 Å². The second-order valence-electron chi connectivity index (χ2n) is 8.18. The minimum Gasteiger partial charge on any atom is -0.482 e. The first-order valence-corrected chi connectivity index (χ1v) is 12.1. The molecule has 7 nitrogen and oxygen atoms in total. The third-order valence-electron chi connectivity index (χ3n) is 5.10. The molecule has 184 valence electrons. The second-order valence-corrected chi connectivity index (χ2v) is 9.51. The van der Waals surface area contributed by atoms with Gasteiger partial charge in [-0.25, -0.2) is 9.37 Å². The molecule has 0 spiro atoms. The number of carbonyl (C=O) groups is 1. The van der Waals surface area contributed by atoms with Crippen molar-refractivity contribution in [2.75, 3.05) is 11.9 Å². The normalized spacial score (nSPS) is 11.4. The molecule has 0 aliphatic carbocycles. The highest BCUT2D eigenvalue weighted by Gasteiger charge is 2.14. The van der Waals surface area contributed by atoms with Crippen LogP contribution in [0.25, 0.3) is 10.9 Å². The number of nitrogens with zero attached hydrogens (tertiary/aromatic N) is 3. The molecule has 3 aromatic carbocycles. The Kier molecular flexibility index (Phi) is 7.81. The summed E-state index contributed by atoms with van der Waals surface area (Å²) in [6.45, 7) is 3.56. The van der Waals surface area contributed by atoms with Crippen molar-refractivity contribution >= 4 is 56.2 Å². The SMILES string of the molecule is CC(C)c1nc2ccc(Br)cc2c(=O)n1N=Cc1ccc(OCC(=O)Nc2cccc(F)c2)c(Cl)c1. The molecule has 1 aromatic heterocycles. The molecule has 0 unspecified atom stereocenters. The van der Waals surface area contributed by atoms with Gasteiger partial charge in [0.2, 0.25) is 0 Å². The summed E-state index contributed by atoms with van der Waals surface area (Å²) in [5, 5.41) is 7.64. The van der Waals surface area contributed by atoms with Gasteiger partial charge in [0, 0.05) is 16.1 Å². The molecule has 0 fully saturated rings. The first kappa shape index (κ1) is 25.5. The minimum absolute atomic E-state index is 0.0409. The second kappa shape index (κ2) is 11.0. The van der Waals surface area contributed by atoms with E-state index in [2.05, 4.69) is 31.3 Å². The summed E-state index contributed by atoms with van der Waals surface area (Å²) in [6.07, 6.45) is 1.51. The highest BCUT2D eigenvalue weighted by molar-refractivity contribution is 9.10. The predicted octanol–water partition coefficient (Wildman–Crippen LogP) is 5.97. The lowest BCUT2D eigenvalue weighted by atomic mass is 10.2. The molecule has 1 heterocycles. The highest BCUT2D eigenvalue weighted by atomic mass is 79.9. The van der Waals surface area contributed by atoms with Crippen molar-refractivity contribution in [2.24, 2.45) is 5.10 Å². The van der Waals surface area contributed by atoms with Crippen molar-refractivity contribution in [3.8, 4) is 5.75 Å². The van der Waals surface area contributed by atoms with Crippen molar-refractivity contribution < 1.29 is 13.9 Å². The Bertz CT molecular complexity index is 1540. The third-order valence-corrected chi connectivity index (χ3v) is 5.88. The maximum atomic E-state index is 13.3. The monoisotopic (exact) mass is 570 g/mol. The Morgan fingerprint density at radius 3 is 2.75 bits per heavy atom. The molecule has 0 radical (unpaired) electrons. The fraction of sp³-hybridized carbons (Fsp3) is 0.154. The van der Waals surface area contributed by atoms with Gasteiger partial charge in [0.15, 0.2) is 6.61 Å². The lowest BCUT2D eigenvalue weighted by Gasteiger charge is -2.12. The summed E-state index contributed by atoms with van der Waals surface area (Å²) in [5.74, 6) is -0.134. The van der Waals surface area contributed by atoms with E-state index in [0.717, 1.165) is 4.47 Å². The third kappa shape index (κ3) is 5.98. The fourth-order valence-electron chi connectivity index (χ4n) is 3.40. The van der Waals surface area contributed by atoms with Crippen LogP contribution in [0.5, 0.6) is 5.75 Å². The number of amides is 1. The van der Waals surface area contributed by atoms with Crippen LogP contribution in [0, 0.1) is 5.82 Å². The average Bonchev–Trinajstić information content (AvgIpc) is 2.83. The molecule has 1 N–H and O–H groups in total. The molecule has 36 heavy (non-hydrogen) atoms. The maximum absolute atomic E-state index is 13.3. The number of anilines is 1. The number of nitrogens with one attached hydrogen (secondary N) is 1. The smallest absolute Gasteiger partial charge is 0.282 e. The maximum Gasteiger partial charge on any atom is 0.282 e. The number of aromatic nitrogens is 2. The van der Waals surface area contributed by atoms with Crippen LogP contribution in [0.4, 0.5) is 10.1 Å². The first-order valence-electron chi connectivity index (χ1n) is 11.0. The van der Waals surface area contributed by atoms with Crippen molar-refractivity contribution in [1.29, 1.82) is 0 Å². The summed E-state index contributed by atoms with van der Waals surface area (Å²) >= 11 is 9.72. The van der Waals surface area contributed by atoms with Gasteiger partial charge in [-0.3, -0.25) is 9.59 Å². The van der Waals surface area contributed by atoms with Gasteiger partial charge in [-0.15, -0.1) is 0 Å². The van der Waals surface area contributed by atoms with Crippen LogP contribution in [0.1, 0.15) is 31.2 Å². The van der Waals surface area contributed by atoms with E-state index in [1.165, 1.54) is 29.1 Å². The Hall–Kier alpha value is -3.56. The van der Waals surface area contributed by atoms with Crippen LogP contribution in [0.3, 0.4) is 0 Å². The van der Waals surface area contributed by atoms with Gasteiger partial charge in [0.1, 0.15) is 17.4 Å². The van der Waals surface area contributed by atoms with Crippen LogP contribution >= 0.6 is 27.5 Å². The molecule has 4 aromatic rings. The van der Waals surface area contributed by atoms with Gasteiger partial charge in [-0.05, 0) is 60.2 Å². The zero-order valence-electron chi connectivity index (χ0n) is 19.3. The molecule has 10 heteroatoms. The lowest BCUT2D eigenvalue weighted by molar-refractivity contribution is -0.118. The van der Waals surface area contributed by atoms with Gasteiger partial charge >= 0.3 is 0 Å². The molecule has 0 aliphatic rings. The highest BCUT2D eigenvalue weighted by Crippen LogP contribution is 2.25. The zero-order chi connectivity index (χ0) is 25.8. The van der Waals surface area contributed by atoms with E-state index in [0.29, 0.717) is 33.7 Å². The molecular weight excluding hydrogens is 551 g/mol. The molecule has 0 bridgehead atoms. The van der Waals surface area contributed by atoms with Crippen LogP contribution in [0.15, 0.2) is 75.0 Å². The zero-order valence-corrected chi connectivity index (χ0v) is 21.7. The number of benzene rings is 3. The number of hydrogen-bond acceptors (Lipinski definition) is 5. The molecule has 4 rings (SSSR count). The summed E-state index contributed by atoms with van der Waals surface area (Å²) in [6, 6.07) is 15.8. The number of ether oxygens (including phenoxy) is 1. The van der Waals surface area contributed by atoms with E-state index in [1.807, 2.05) is 19.9 Å². The van der Waals surface area contributed by atoms with E-state index < -0.39 is 11.7 Å².